The fraction of sp³-hybridized carbons (Fsp3) is 0.739. The van der Waals surface area contributed by atoms with Crippen molar-refractivity contribution in [2.45, 2.75) is 83.1 Å². The van der Waals surface area contributed by atoms with Crippen LogP contribution in [0.25, 0.3) is 0 Å². The van der Waals surface area contributed by atoms with E-state index in [1.807, 2.05) is 0 Å². The van der Waals surface area contributed by atoms with Crippen LogP contribution in [0.5, 0.6) is 0 Å². The Hall–Kier alpha value is -1.10. The standard InChI is InChI=1S/C23H38N2O2/c1-3-24(20-10-6-4-7-11-20)16-21-15-14-19(2)25(21)17-22(26)18-27-23-12-8-5-9-13-23/h4,6-7,10-11,19,21-23,26H,3,5,8-9,12-18H2,1-2H3. The highest BCUT2D eigenvalue weighted by Gasteiger charge is 2.33. The fourth-order valence-electron chi connectivity index (χ4n) is 4.74. The Morgan fingerprint density at radius 1 is 1.11 bits per heavy atom. The van der Waals surface area contributed by atoms with Crippen LogP contribution in [-0.2, 0) is 4.74 Å². The van der Waals surface area contributed by atoms with Gasteiger partial charge in [0.2, 0.25) is 0 Å². The summed E-state index contributed by atoms with van der Waals surface area (Å²) in [6.45, 7) is 7.77. The second-order valence-corrected chi connectivity index (χ2v) is 8.40. The maximum Gasteiger partial charge on any atom is 0.0900 e. The fourth-order valence-corrected chi connectivity index (χ4v) is 4.74. The lowest BCUT2D eigenvalue weighted by Gasteiger charge is -2.35. The Labute approximate surface area is 165 Å². The molecule has 3 rings (SSSR count). The van der Waals surface area contributed by atoms with Gasteiger partial charge >= 0.3 is 0 Å². The molecule has 2 aliphatic rings. The van der Waals surface area contributed by atoms with E-state index < -0.39 is 0 Å². The van der Waals surface area contributed by atoms with Crippen molar-refractivity contribution in [3.63, 3.8) is 0 Å². The molecule has 4 nitrogen and oxygen atoms in total. The van der Waals surface area contributed by atoms with Crippen molar-refractivity contribution in [2.24, 2.45) is 0 Å². The first-order chi connectivity index (χ1) is 13.2. The van der Waals surface area contributed by atoms with E-state index in [-0.39, 0.29) is 6.10 Å². The number of hydrogen-bond donors (Lipinski definition) is 1. The zero-order chi connectivity index (χ0) is 19.1. The molecule has 152 valence electrons. The number of likely N-dealkylation sites (tertiary alicyclic amines) is 1. The molecule has 1 aromatic rings. The van der Waals surface area contributed by atoms with Crippen molar-refractivity contribution in [1.29, 1.82) is 0 Å². The Kier molecular flexibility index (Phi) is 7.98. The first-order valence-corrected chi connectivity index (χ1v) is 11.0. The van der Waals surface area contributed by atoms with E-state index in [0.29, 0.717) is 24.8 Å². The number of rotatable bonds is 9. The number of hydrogen-bond acceptors (Lipinski definition) is 4. The third-order valence-electron chi connectivity index (χ3n) is 6.39. The number of aliphatic hydroxyl groups excluding tert-OH is 1. The van der Waals surface area contributed by atoms with Gasteiger partial charge in [0.25, 0.3) is 0 Å². The molecule has 27 heavy (non-hydrogen) atoms. The maximum absolute atomic E-state index is 10.6. The van der Waals surface area contributed by atoms with Gasteiger partial charge in [-0.05, 0) is 51.7 Å². The van der Waals surface area contributed by atoms with E-state index >= 15 is 0 Å². The summed E-state index contributed by atoms with van der Waals surface area (Å²) in [6.07, 6.45) is 8.63. The third-order valence-corrected chi connectivity index (χ3v) is 6.39. The molecular formula is C23H38N2O2. The SMILES string of the molecule is CCN(CC1CCC(C)N1CC(O)COC1CCCCC1)c1ccccc1. The first-order valence-electron chi connectivity index (χ1n) is 11.0. The number of β-amino-alcohol motifs (C(OH)–C–C–N with tert-alkyl or cyclic N) is 1. The maximum atomic E-state index is 10.6. The number of anilines is 1. The number of ether oxygens (including phenoxy) is 1. The molecule has 3 unspecified atom stereocenters. The molecule has 0 radical (unpaired) electrons. The van der Waals surface area contributed by atoms with Crippen LogP contribution in [-0.4, -0.2) is 60.5 Å². The first kappa shape index (κ1) is 20.6. The molecule has 1 aromatic carbocycles. The molecule has 1 heterocycles. The van der Waals surface area contributed by atoms with E-state index in [2.05, 4.69) is 54.0 Å². The summed E-state index contributed by atoms with van der Waals surface area (Å²) in [7, 11) is 0. The molecule has 1 saturated carbocycles. The van der Waals surface area contributed by atoms with Gasteiger partial charge in [-0.1, -0.05) is 37.5 Å². The molecular weight excluding hydrogens is 336 g/mol. The van der Waals surface area contributed by atoms with Crippen molar-refractivity contribution in [2.75, 3.05) is 31.1 Å². The predicted molar refractivity (Wildman–Crippen MR) is 112 cm³/mol. The van der Waals surface area contributed by atoms with Crippen LogP contribution in [0.3, 0.4) is 0 Å². The number of nitrogens with zero attached hydrogens (tertiary/aromatic N) is 2. The van der Waals surface area contributed by atoms with Crippen LogP contribution < -0.4 is 4.90 Å². The molecule has 0 aromatic heterocycles. The smallest absolute Gasteiger partial charge is 0.0900 e. The zero-order valence-electron chi connectivity index (χ0n) is 17.2. The largest absolute Gasteiger partial charge is 0.389 e. The number of likely N-dealkylation sites (N-methyl/N-ethyl adjacent to an activating group) is 1. The predicted octanol–water partition coefficient (Wildman–Crippen LogP) is 4.08. The molecule has 0 amide bonds. The molecule has 3 atom stereocenters. The number of benzene rings is 1. The van der Waals surface area contributed by atoms with Crippen molar-refractivity contribution >= 4 is 5.69 Å². The monoisotopic (exact) mass is 374 g/mol. The van der Waals surface area contributed by atoms with Crippen LogP contribution in [0.4, 0.5) is 5.69 Å². The molecule has 1 N–H and O–H groups in total. The van der Waals surface area contributed by atoms with Crippen LogP contribution in [0.15, 0.2) is 30.3 Å². The van der Waals surface area contributed by atoms with Gasteiger partial charge in [0.1, 0.15) is 0 Å². The van der Waals surface area contributed by atoms with Gasteiger partial charge in [-0.3, -0.25) is 4.90 Å². The van der Waals surface area contributed by atoms with Gasteiger partial charge in [-0.25, -0.2) is 0 Å². The van der Waals surface area contributed by atoms with Crippen molar-refractivity contribution in [3.8, 4) is 0 Å². The highest BCUT2D eigenvalue weighted by atomic mass is 16.5. The van der Waals surface area contributed by atoms with E-state index in [1.165, 1.54) is 37.8 Å². The van der Waals surface area contributed by atoms with Gasteiger partial charge < -0.3 is 14.7 Å². The normalized spacial score (nSPS) is 25.6. The molecule has 0 bridgehead atoms. The van der Waals surface area contributed by atoms with Gasteiger partial charge in [-0.15, -0.1) is 0 Å². The minimum atomic E-state index is -0.387. The quantitative estimate of drug-likeness (QED) is 0.707. The average molecular weight is 375 g/mol. The van der Waals surface area contributed by atoms with Crippen molar-refractivity contribution in [1.82, 2.24) is 4.90 Å². The minimum absolute atomic E-state index is 0.369. The van der Waals surface area contributed by atoms with Crippen LogP contribution in [0, 0.1) is 0 Å². The van der Waals surface area contributed by atoms with Crippen LogP contribution in [0.1, 0.15) is 58.8 Å². The van der Waals surface area contributed by atoms with Crippen LogP contribution >= 0.6 is 0 Å². The van der Waals surface area contributed by atoms with Crippen molar-refractivity contribution in [3.05, 3.63) is 30.3 Å². The van der Waals surface area contributed by atoms with E-state index in [1.54, 1.807) is 0 Å². The lowest BCUT2D eigenvalue weighted by Crippen LogP contribution is -2.47. The second kappa shape index (κ2) is 10.4. The topological polar surface area (TPSA) is 35.9 Å². The summed E-state index contributed by atoms with van der Waals surface area (Å²) in [5.74, 6) is 0. The van der Waals surface area contributed by atoms with E-state index in [4.69, 9.17) is 4.74 Å². The Morgan fingerprint density at radius 3 is 2.56 bits per heavy atom. The number of aliphatic hydroxyl groups is 1. The summed E-state index contributed by atoms with van der Waals surface area (Å²) >= 11 is 0. The number of para-hydroxylation sites is 1. The Morgan fingerprint density at radius 2 is 1.85 bits per heavy atom. The summed E-state index contributed by atoms with van der Waals surface area (Å²) < 4.78 is 6.01. The van der Waals surface area contributed by atoms with Gasteiger partial charge in [0.15, 0.2) is 0 Å². The van der Waals surface area contributed by atoms with Gasteiger partial charge in [-0.2, -0.15) is 0 Å². The Bertz CT molecular complexity index is 532. The van der Waals surface area contributed by atoms with E-state index in [9.17, 15) is 5.11 Å². The second-order valence-electron chi connectivity index (χ2n) is 8.40. The molecule has 2 fully saturated rings. The summed E-state index contributed by atoms with van der Waals surface area (Å²) in [5, 5.41) is 10.6. The van der Waals surface area contributed by atoms with E-state index in [0.717, 1.165) is 32.5 Å². The molecule has 1 saturated heterocycles. The van der Waals surface area contributed by atoms with Gasteiger partial charge in [0.05, 0.1) is 18.8 Å². The molecule has 4 heteroatoms. The lowest BCUT2D eigenvalue weighted by atomic mass is 9.98. The van der Waals surface area contributed by atoms with Crippen molar-refractivity contribution < 1.29 is 9.84 Å². The summed E-state index contributed by atoms with van der Waals surface area (Å²) in [4.78, 5) is 4.97. The molecule has 1 aliphatic heterocycles. The molecule has 0 spiro atoms. The molecule has 1 aliphatic carbocycles. The summed E-state index contributed by atoms with van der Waals surface area (Å²) in [5.41, 5.74) is 1.29. The minimum Gasteiger partial charge on any atom is -0.389 e. The summed E-state index contributed by atoms with van der Waals surface area (Å²) in [6, 6.07) is 11.7. The average Bonchev–Trinajstić information content (AvgIpc) is 3.05. The highest BCUT2D eigenvalue weighted by Crippen LogP contribution is 2.27. The third kappa shape index (κ3) is 5.94. The highest BCUT2D eigenvalue weighted by molar-refractivity contribution is 5.46. The lowest BCUT2D eigenvalue weighted by molar-refractivity contribution is -0.0370. The Balaban J connectivity index is 1.51. The zero-order valence-corrected chi connectivity index (χ0v) is 17.2. The van der Waals surface area contributed by atoms with Crippen LogP contribution in [0.2, 0.25) is 0 Å². The van der Waals surface area contributed by atoms with Gasteiger partial charge in [0, 0.05) is 37.4 Å².